The lowest BCUT2D eigenvalue weighted by atomic mass is 10.0. The molecule has 2 N–H and O–H groups in total. The molecule has 1 fully saturated rings. The monoisotopic (exact) mass is 424 g/mol. The van der Waals surface area contributed by atoms with Crippen molar-refractivity contribution in [2.45, 2.75) is 33.1 Å². The van der Waals surface area contributed by atoms with E-state index in [1.807, 2.05) is 26.0 Å². The highest BCUT2D eigenvalue weighted by Crippen LogP contribution is 2.34. The van der Waals surface area contributed by atoms with E-state index in [1.165, 1.54) is 5.01 Å². The molecule has 1 aliphatic rings. The van der Waals surface area contributed by atoms with Gasteiger partial charge in [0, 0.05) is 17.7 Å². The SMILES string of the molecule is CCCOc1ccc(C=C2C(=O)NN(c3ccccc3)C2=O)c(OCCCCO)c1C. The molecule has 0 atom stereocenters. The molecule has 0 unspecified atom stereocenters. The summed E-state index contributed by atoms with van der Waals surface area (Å²) >= 11 is 0. The van der Waals surface area contributed by atoms with Crippen LogP contribution in [0.3, 0.4) is 0 Å². The Morgan fingerprint density at radius 1 is 1.03 bits per heavy atom. The number of hydrogen-bond acceptors (Lipinski definition) is 5. The van der Waals surface area contributed by atoms with Crippen molar-refractivity contribution in [2.75, 3.05) is 24.8 Å². The lowest BCUT2D eigenvalue weighted by Gasteiger charge is -2.16. The Morgan fingerprint density at radius 3 is 2.52 bits per heavy atom. The van der Waals surface area contributed by atoms with Gasteiger partial charge in [-0.25, -0.2) is 5.01 Å². The average molecular weight is 424 g/mol. The molecule has 1 saturated heterocycles. The molecule has 164 valence electrons. The molecule has 0 aromatic heterocycles. The lowest BCUT2D eigenvalue weighted by Crippen LogP contribution is -2.35. The van der Waals surface area contributed by atoms with E-state index in [2.05, 4.69) is 5.43 Å². The van der Waals surface area contributed by atoms with E-state index < -0.39 is 11.8 Å². The van der Waals surface area contributed by atoms with Crippen molar-refractivity contribution in [1.29, 1.82) is 0 Å². The van der Waals surface area contributed by atoms with Gasteiger partial charge in [-0.2, -0.15) is 0 Å². The van der Waals surface area contributed by atoms with Gasteiger partial charge in [-0.05, 0) is 56.5 Å². The summed E-state index contributed by atoms with van der Waals surface area (Å²) in [6.07, 6.45) is 3.75. The fourth-order valence-corrected chi connectivity index (χ4v) is 3.23. The zero-order valence-corrected chi connectivity index (χ0v) is 17.9. The normalized spacial score (nSPS) is 14.8. The van der Waals surface area contributed by atoms with Gasteiger partial charge < -0.3 is 14.6 Å². The molecule has 1 aliphatic heterocycles. The smallest absolute Gasteiger partial charge is 0.282 e. The number of benzene rings is 2. The van der Waals surface area contributed by atoms with Crippen LogP contribution in [-0.4, -0.2) is 36.7 Å². The van der Waals surface area contributed by atoms with Gasteiger partial charge in [0.25, 0.3) is 11.8 Å². The lowest BCUT2D eigenvalue weighted by molar-refractivity contribution is -0.117. The fourth-order valence-electron chi connectivity index (χ4n) is 3.23. The number of nitrogens with one attached hydrogen (secondary N) is 1. The summed E-state index contributed by atoms with van der Waals surface area (Å²) in [5, 5.41) is 10.2. The standard InChI is InChI=1S/C24H28N2O5/c1-3-14-30-21-12-11-18(22(17(21)2)31-15-8-7-13-27)16-20-23(28)25-26(24(20)29)19-9-5-4-6-10-19/h4-6,9-12,16,27H,3,7-8,13-15H2,1-2H3,(H,25,28). The number of ether oxygens (including phenoxy) is 2. The number of carbonyl (C=O) groups is 2. The molecule has 7 heteroatoms. The van der Waals surface area contributed by atoms with Crippen molar-refractivity contribution in [3.8, 4) is 11.5 Å². The van der Waals surface area contributed by atoms with Crippen LogP contribution in [0.15, 0.2) is 48.0 Å². The van der Waals surface area contributed by atoms with Gasteiger partial charge in [0.05, 0.1) is 18.9 Å². The molecule has 1 heterocycles. The molecule has 0 aliphatic carbocycles. The minimum Gasteiger partial charge on any atom is -0.493 e. The third-order valence-electron chi connectivity index (χ3n) is 4.85. The van der Waals surface area contributed by atoms with Gasteiger partial charge >= 0.3 is 0 Å². The molecule has 0 spiro atoms. The van der Waals surface area contributed by atoms with Crippen LogP contribution in [0.4, 0.5) is 5.69 Å². The highest BCUT2D eigenvalue weighted by molar-refractivity contribution is 6.31. The Bertz CT molecular complexity index is 956. The molecule has 7 nitrogen and oxygen atoms in total. The predicted octanol–water partition coefficient (Wildman–Crippen LogP) is 3.40. The van der Waals surface area contributed by atoms with Crippen LogP contribution in [0.2, 0.25) is 0 Å². The summed E-state index contributed by atoms with van der Waals surface area (Å²) in [5.74, 6) is 0.377. The number of aliphatic hydroxyl groups excluding tert-OH is 1. The molecule has 0 saturated carbocycles. The largest absolute Gasteiger partial charge is 0.493 e. The molecule has 31 heavy (non-hydrogen) atoms. The first-order chi connectivity index (χ1) is 15.1. The highest BCUT2D eigenvalue weighted by atomic mass is 16.5. The Morgan fingerprint density at radius 2 is 1.81 bits per heavy atom. The first-order valence-corrected chi connectivity index (χ1v) is 10.5. The maximum absolute atomic E-state index is 12.9. The van der Waals surface area contributed by atoms with E-state index in [-0.39, 0.29) is 12.2 Å². The Balaban J connectivity index is 1.92. The van der Waals surface area contributed by atoms with Crippen LogP contribution in [-0.2, 0) is 9.59 Å². The van der Waals surface area contributed by atoms with Crippen LogP contribution >= 0.6 is 0 Å². The first-order valence-electron chi connectivity index (χ1n) is 10.5. The van der Waals surface area contributed by atoms with E-state index in [9.17, 15) is 9.59 Å². The van der Waals surface area contributed by atoms with Crippen LogP contribution in [0.25, 0.3) is 6.08 Å². The summed E-state index contributed by atoms with van der Waals surface area (Å²) in [5.41, 5.74) is 4.65. The maximum atomic E-state index is 12.9. The number of carbonyl (C=O) groups excluding carboxylic acids is 2. The summed E-state index contributed by atoms with van der Waals surface area (Å²) in [7, 11) is 0. The quantitative estimate of drug-likeness (QED) is 0.347. The highest BCUT2D eigenvalue weighted by Gasteiger charge is 2.34. The van der Waals surface area contributed by atoms with E-state index >= 15 is 0 Å². The molecular weight excluding hydrogens is 396 g/mol. The van der Waals surface area contributed by atoms with Gasteiger partial charge in [-0.15, -0.1) is 0 Å². The van der Waals surface area contributed by atoms with E-state index in [4.69, 9.17) is 14.6 Å². The summed E-state index contributed by atoms with van der Waals surface area (Å²) in [6.45, 7) is 5.01. The number of amides is 2. The van der Waals surface area contributed by atoms with Gasteiger partial charge in [-0.1, -0.05) is 25.1 Å². The van der Waals surface area contributed by atoms with Crippen LogP contribution in [0.5, 0.6) is 11.5 Å². The second kappa shape index (κ2) is 10.6. The van der Waals surface area contributed by atoms with Crippen molar-refractivity contribution < 1.29 is 24.2 Å². The third kappa shape index (κ3) is 5.24. The Labute approximate surface area is 182 Å². The zero-order valence-electron chi connectivity index (χ0n) is 17.9. The molecule has 2 amide bonds. The third-order valence-corrected chi connectivity index (χ3v) is 4.85. The van der Waals surface area contributed by atoms with E-state index in [0.717, 1.165) is 12.0 Å². The average Bonchev–Trinajstić information content (AvgIpc) is 3.06. The van der Waals surface area contributed by atoms with Crippen molar-refractivity contribution in [2.24, 2.45) is 0 Å². The van der Waals surface area contributed by atoms with Crippen molar-refractivity contribution >= 4 is 23.6 Å². The number of anilines is 1. The maximum Gasteiger partial charge on any atom is 0.282 e. The fraction of sp³-hybridized carbons (Fsp3) is 0.333. The number of unbranched alkanes of at least 4 members (excludes halogenated alkanes) is 1. The second-order valence-corrected chi connectivity index (χ2v) is 7.21. The number of nitrogens with zero attached hydrogens (tertiary/aromatic N) is 1. The number of para-hydroxylation sites is 1. The minimum absolute atomic E-state index is 0.0330. The van der Waals surface area contributed by atoms with Crippen LogP contribution in [0.1, 0.15) is 37.3 Å². The molecule has 2 aromatic rings. The molecule has 0 bridgehead atoms. The second-order valence-electron chi connectivity index (χ2n) is 7.21. The molecule has 0 radical (unpaired) electrons. The first kappa shape index (κ1) is 22.4. The summed E-state index contributed by atoms with van der Waals surface area (Å²) < 4.78 is 11.8. The molecular formula is C24H28N2O5. The van der Waals surface area contributed by atoms with Crippen molar-refractivity contribution in [1.82, 2.24) is 5.43 Å². The number of hydrogen-bond donors (Lipinski definition) is 2. The topological polar surface area (TPSA) is 88.1 Å². The number of hydrazine groups is 1. The van der Waals surface area contributed by atoms with Crippen LogP contribution < -0.4 is 19.9 Å². The van der Waals surface area contributed by atoms with E-state index in [1.54, 1.807) is 36.4 Å². The van der Waals surface area contributed by atoms with Crippen molar-refractivity contribution in [3.05, 3.63) is 59.2 Å². The Kier molecular flexibility index (Phi) is 7.67. The number of aliphatic hydroxyl groups is 1. The van der Waals surface area contributed by atoms with Gasteiger partial charge in [0.1, 0.15) is 17.1 Å². The summed E-state index contributed by atoms with van der Waals surface area (Å²) in [6, 6.07) is 12.6. The predicted molar refractivity (Wildman–Crippen MR) is 119 cm³/mol. The van der Waals surface area contributed by atoms with Gasteiger partial charge in [-0.3, -0.25) is 15.0 Å². The minimum atomic E-state index is -0.468. The molecule has 3 rings (SSSR count). The Hall–Kier alpha value is -3.32. The van der Waals surface area contributed by atoms with Crippen molar-refractivity contribution in [3.63, 3.8) is 0 Å². The molecule has 2 aromatic carbocycles. The summed E-state index contributed by atoms with van der Waals surface area (Å²) in [4.78, 5) is 25.4. The van der Waals surface area contributed by atoms with Crippen LogP contribution in [0, 0.1) is 6.92 Å². The van der Waals surface area contributed by atoms with Gasteiger partial charge in [0.15, 0.2) is 0 Å². The number of rotatable bonds is 10. The van der Waals surface area contributed by atoms with E-state index in [0.29, 0.717) is 48.8 Å². The van der Waals surface area contributed by atoms with Gasteiger partial charge in [0.2, 0.25) is 0 Å². The zero-order chi connectivity index (χ0) is 22.2.